The van der Waals surface area contributed by atoms with E-state index in [1.165, 1.54) is 25.6 Å². The van der Waals surface area contributed by atoms with Crippen molar-refractivity contribution >= 4 is 34.4 Å². The molecular weight excluding hydrogens is 504 g/mol. The summed E-state index contributed by atoms with van der Waals surface area (Å²) >= 11 is 0. The number of aromatic nitrogens is 2. The van der Waals surface area contributed by atoms with Crippen molar-refractivity contribution in [3.05, 3.63) is 42.0 Å². The molecule has 1 amide bonds. The van der Waals surface area contributed by atoms with Crippen molar-refractivity contribution in [2.24, 2.45) is 0 Å². The summed E-state index contributed by atoms with van der Waals surface area (Å²) < 4.78 is 21.7. The second kappa shape index (κ2) is 11.1. The summed E-state index contributed by atoms with van der Waals surface area (Å²) in [5.41, 5.74) is -0.0270. The van der Waals surface area contributed by atoms with Crippen molar-refractivity contribution in [2.75, 3.05) is 39.3 Å². The molecule has 0 bridgehead atoms. The van der Waals surface area contributed by atoms with Crippen molar-refractivity contribution in [2.45, 2.75) is 52.2 Å². The van der Waals surface area contributed by atoms with Crippen LogP contribution < -0.4 is 14.8 Å². The van der Waals surface area contributed by atoms with Crippen LogP contribution >= 0.6 is 0 Å². The Kier molecular flexibility index (Phi) is 8.03. The number of amides is 1. The number of nitrogens with zero attached hydrogens (tertiary/aromatic N) is 3. The number of carbonyl (C=O) groups is 3. The minimum atomic E-state index is -0.737. The summed E-state index contributed by atoms with van der Waals surface area (Å²) in [5.74, 6) is 0.379. The summed E-state index contributed by atoms with van der Waals surface area (Å²) in [7, 11) is 3.10. The molecule has 1 aliphatic carbocycles. The van der Waals surface area contributed by atoms with E-state index in [0.29, 0.717) is 48.0 Å². The molecule has 0 radical (unpaired) electrons. The van der Waals surface area contributed by atoms with Gasteiger partial charge in [0, 0.05) is 37.5 Å². The van der Waals surface area contributed by atoms with Crippen molar-refractivity contribution in [1.29, 1.82) is 0 Å². The Hall–Kier alpha value is -3.83. The molecule has 208 valence electrons. The molecule has 2 aromatic rings. The van der Waals surface area contributed by atoms with Crippen LogP contribution in [0.5, 0.6) is 11.5 Å². The van der Waals surface area contributed by atoms with Gasteiger partial charge in [-0.05, 0) is 33.8 Å². The van der Waals surface area contributed by atoms with Crippen LogP contribution in [0.1, 0.15) is 40.5 Å². The molecule has 1 aromatic carbocycles. The molecule has 1 N–H and O–H groups in total. The average Bonchev–Trinajstić information content (AvgIpc) is 3.26. The lowest BCUT2D eigenvalue weighted by Gasteiger charge is -2.37. The molecule has 1 saturated heterocycles. The standard InChI is InChI=1S/C28H34N4O7/c1-17-8-7-9-32(17,27(35)39-28(2,3)4)21-15-22(33)20(13-23(21)34)31-26-18-12-24(37-6)25(38-11-10-36-5)14-19(18)29-16-30-26/h12-17H,7-11H2,1-6H3/p+1/t17-,32?/m1/s1. The molecule has 1 unspecified atom stereocenters. The van der Waals surface area contributed by atoms with Gasteiger partial charge in [-0.15, -0.1) is 0 Å². The zero-order chi connectivity index (χ0) is 28.4. The van der Waals surface area contributed by atoms with Gasteiger partial charge in [0.2, 0.25) is 11.6 Å². The molecule has 1 aliphatic heterocycles. The third kappa shape index (κ3) is 5.64. The van der Waals surface area contributed by atoms with E-state index in [1.807, 2.05) is 6.92 Å². The van der Waals surface area contributed by atoms with Crippen LogP contribution in [0.4, 0.5) is 10.6 Å². The number of hydrogen-bond acceptors (Lipinski definition) is 10. The largest absolute Gasteiger partial charge is 0.522 e. The lowest BCUT2D eigenvalue weighted by atomic mass is 10.0. The molecule has 1 fully saturated rings. The number of allylic oxidation sites excluding steroid dienone is 2. The first-order chi connectivity index (χ1) is 18.5. The van der Waals surface area contributed by atoms with Crippen LogP contribution in [0.2, 0.25) is 0 Å². The predicted octanol–water partition coefficient (Wildman–Crippen LogP) is 3.93. The van der Waals surface area contributed by atoms with Crippen molar-refractivity contribution in [3.63, 3.8) is 0 Å². The number of methoxy groups -OCH3 is 2. The summed E-state index contributed by atoms with van der Waals surface area (Å²) in [6.45, 7) is 8.37. The highest BCUT2D eigenvalue weighted by Crippen LogP contribution is 2.38. The molecule has 2 atom stereocenters. The molecule has 0 spiro atoms. The number of fused-ring (bicyclic) bond motifs is 1. The highest BCUT2D eigenvalue weighted by Gasteiger charge is 2.55. The van der Waals surface area contributed by atoms with Crippen molar-refractivity contribution in [1.82, 2.24) is 9.97 Å². The number of rotatable bonds is 8. The summed E-state index contributed by atoms with van der Waals surface area (Å²) in [6.07, 6.45) is 4.77. The van der Waals surface area contributed by atoms with E-state index in [1.54, 1.807) is 40.0 Å². The maximum absolute atomic E-state index is 13.4. The van der Waals surface area contributed by atoms with E-state index in [9.17, 15) is 14.4 Å². The molecule has 2 aliphatic rings. The highest BCUT2D eigenvalue weighted by molar-refractivity contribution is 6.20. The zero-order valence-corrected chi connectivity index (χ0v) is 23.2. The smallest absolute Gasteiger partial charge is 0.493 e. The lowest BCUT2D eigenvalue weighted by molar-refractivity contribution is -0.826. The van der Waals surface area contributed by atoms with Gasteiger partial charge in [0.15, 0.2) is 17.2 Å². The maximum atomic E-state index is 13.4. The van der Waals surface area contributed by atoms with Gasteiger partial charge in [-0.3, -0.25) is 9.59 Å². The number of benzene rings is 1. The van der Waals surface area contributed by atoms with Gasteiger partial charge >= 0.3 is 6.09 Å². The van der Waals surface area contributed by atoms with Crippen LogP contribution in [0.15, 0.2) is 42.0 Å². The van der Waals surface area contributed by atoms with E-state index < -0.39 is 23.3 Å². The Labute approximate surface area is 227 Å². The summed E-state index contributed by atoms with van der Waals surface area (Å²) in [6, 6.07) is 3.20. The third-order valence-electron chi connectivity index (χ3n) is 6.81. The first-order valence-electron chi connectivity index (χ1n) is 12.9. The minimum Gasteiger partial charge on any atom is -0.493 e. The number of nitrogens with one attached hydrogen (secondary N) is 1. The normalized spacial score (nSPS) is 21.4. The number of anilines is 1. The van der Waals surface area contributed by atoms with Gasteiger partial charge in [0.25, 0.3) is 0 Å². The van der Waals surface area contributed by atoms with E-state index in [0.717, 1.165) is 12.8 Å². The van der Waals surface area contributed by atoms with Crippen molar-refractivity contribution in [3.8, 4) is 11.5 Å². The number of hydrogen-bond donors (Lipinski definition) is 1. The SMILES string of the molecule is COCCOc1cc2ncnc(NC3=CC(=O)C([N+]4(C(=O)OC(C)(C)C)CCC[C@H]4C)=CC3=O)c2cc1OC. The van der Waals surface area contributed by atoms with Crippen LogP contribution in [-0.2, 0) is 19.1 Å². The highest BCUT2D eigenvalue weighted by atomic mass is 16.6. The number of quaternary nitrogens is 1. The molecule has 0 saturated carbocycles. The second-order valence-electron chi connectivity index (χ2n) is 10.6. The van der Waals surface area contributed by atoms with Gasteiger partial charge < -0.3 is 24.3 Å². The van der Waals surface area contributed by atoms with Crippen LogP contribution in [0.25, 0.3) is 10.9 Å². The fraction of sp³-hybridized carbons (Fsp3) is 0.464. The predicted molar refractivity (Wildman–Crippen MR) is 143 cm³/mol. The summed E-state index contributed by atoms with van der Waals surface area (Å²) in [4.78, 5) is 48.7. The zero-order valence-electron chi connectivity index (χ0n) is 23.2. The van der Waals surface area contributed by atoms with E-state index in [4.69, 9.17) is 18.9 Å². The molecule has 1 aromatic heterocycles. The lowest BCUT2D eigenvalue weighted by Crippen LogP contribution is -2.57. The fourth-order valence-electron chi connectivity index (χ4n) is 4.90. The van der Waals surface area contributed by atoms with Crippen LogP contribution in [0, 0.1) is 0 Å². The first-order valence-corrected chi connectivity index (χ1v) is 12.9. The number of ketones is 2. The average molecular weight is 540 g/mol. The van der Waals surface area contributed by atoms with Gasteiger partial charge in [0.05, 0.1) is 37.6 Å². The van der Waals surface area contributed by atoms with E-state index >= 15 is 0 Å². The molecule has 39 heavy (non-hydrogen) atoms. The molecule has 2 heterocycles. The monoisotopic (exact) mass is 539 g/mol. The van der Waals surface area contributed by atoms with Crippen LogP contribution in [0.3, 0.4) is 0 Å². The van der Waals surface area contributed by atoms with Gasteiger partial charge in [-0.2, -0.15) is 9.28 Å². The molecule has 4 rings (SSSR count). The Morgan fingerprint density at radius 1 is 1.08 bits per heavy atom. The quantitative estimate of drug-likeness (QED) is 0.300. The Morgan fingerprint density at radius 3 is 2.49 bits per heavy atom. The maximum Gasteiger partial charge on any atom is 0.522 e. The second-order valence-corrected chi connectivity index (χ2v) is 10.6. The Morgan fingerprint density at radius 2 is 1.85 bits per heavy atom. The van der Waals surface area contributed by atoms with E-state index in [-0.39, 0.29) is 21.9 Å². The number of ether oxygens (including phenoxy) is 4. The third-order valence-corrected chi connectivity index (χ3v) is 6.81. The van der Waals surface area contributed by atoms with Crippen molar-refractivity contribution < 1.29 is 37.8 Å². The molecular formula is C28H35N4O7+. The number of likely N-dealkylation sites (tertiary alicyclic amines) is 1. The Balaban J connectivity index is 1.64. The van der Waals surface area contributed by atoms with Crippen LogP contribution in [-0.4, -0.2) is 77.7 Å². The topological polar surface area (TPSA) is 126 Å². The molecule has 11 nitrogen and oxygen atoms in total. The first kappa shape index (κ1) is 28.2. The van der Waals surface area contributed by atoms with Gasteiger partial charge in [-0.1, -0.05) is 0 Å². The van der Waals surface area contributed by atoms with Gasteiger partial charge in [-0.25, -0.2) is 9.97 Å². The van der Waals surface area contributed by atoms with Gasteiger partial charge in [0.1, 0.15) is 30.4 Å². The minimum absolute atomic E-state index is 0.0392. The van der Waals surface area contributed by atoms with E-state index in [2.05, 4.69) is 15.3 Å². The number of carbonyl (C=O) groups excluding carboxylic acids is 3. The summed E-state index contributed by atoms with van der Waals surface area (Å²) in [5, 5.41) is 3.55. The fourth-order valence-corrected chi connectivity index (χ4v) is 4.90. The Bertz CT molecular complexity index is 1360. The molecule has 11 heteroatoms.